The zero-order chi connectivity index (χ0) is 16.4. The molecule has 2 heterocycles. The first-order valence-electron chi connectivity index (χ1n) is 6.77. The van der Waals surface area contributed by atoms with Gasteiger partial charge in [-0.3, -0.25) is 4.79 Å². The number of nitrogens with one attached hydrogen (secondary N) is 1. The Labute approximate surface area is 132 Å². The van der Waals surface area contributed by atoms with Gasteiger partial charge in [-0.25, -0.2) is 4.79 Å². The molecule has 6 nitrogen and oxygen atoms in total. The summed E-state index contributed by atoms with van der Waals surface area (Å²) in [6.07, 6.45) is 0. The summed E-state index contributed by atoms with van der Waals surface area (Å²) in [6, 6.07) is 1.76. The fourth-order valence-corrected chi connectivity index (χ4v) is 3.30. The molecule has 0 fully saturated rings. The predicted octanol–water partition coefficient (Wildman–Crippen LogP) is 3.19. The van der Waals surface area contributed by atoms with Gasteiger partial charge in [-0.15, -0.1) is 11.3 Å². The molecule has 1 amide bonds. The number of hydrogen-bond acceptors (Lipinski definition) is 6. The quantitative estimate of drug-likeness (QED) is 0.874. The first-order chi connectivity index (χ1) is 10.3. The van der Waals surface area contributed by atoms with Crippen LogP contribution in [0.3, 0.4) is 0 Å². The van der Waals surface area contributed by atoms with E-state index in [1.807, 2.05) is 0 Å². The molecule has 2 rings (SSSR count). The van der Waals surface area contributed by atoms with Gasteiger partial charge in [0.2, 0.25) is 5.91 Å². The molecule has 0 bridgehead atoms. The summed E-state index contributed by atoms with van der Waals surface area (Å²) in [5, 5.41) is 7.31. The Morgan fingerprint density at radius 2 is 2.05 bits per heavy atom. The van der Waals surface area contributed by atoms with Crippen LogP contribution in [0.1, 0.15) is 45.1 Å². The Morgan fingerprint density at radius 1 is 1.36 bits per heavy atom. The van der Waals surface area contributed by atoms with Crippen molar-refractivity contribution in [2.75, 3.05) is 12.4 Å². The van der Waals surface area contributed by atoms with Crippen molar-refractivity contribution in [1.82, 2.24) is 5.16 Å². The maximum absolute atomic E-state index is 12.4. The minimum absolute atomic E-state index is 0.174. The standard InChI is InChI=1S/C15H18N2O4S/c1-7-6-11(22-13(7)15(19)20-5)16-14(18)8(2)12-9(3)17-21-10(12)4/h6,8H,1-5H3,(H,16,18). The first kappa shape index (κ1) is 16.2. The van der Waals surface area contributed by atoms with Crippen molar-refractivity contribution in [1.29, 1.82) is 0 Å². The van der Waals surface area contributed by atoms with E-state index in [-0.39, 0.29) is 5.91 Å². The molecule has 1 unspecified atom stereocenters. The molecule has 1 atom stereocenters. The average Bonchev–Trinajstić information content (AvgIpc) is 3.00. The lowest BCUT2D eigenvalue weighted by atomic mass is 9.99. The normalized spacial score (nSPS) is 12.0. The Bertz CT molecular complexity index is 698. The molecule has 7 heteroatoms. The molecule has 0 aliphatic carbocycles. The van der Waals surface area contributed by atoms with Crippen molar-refractivity contribution in [2.45, 2.75) is 33.6 Å². The lowest BCUT2D eigenvalue weighted by Gasteiger charge is -2.10. The SMILES string of the molecule is COC(=O)c1sc(NC(=O)C(C)c2c(C)noc2C)cc1C. The summed E-state index contributed by atoms with van der Waals surface area (Å²) < 4.78 is 9.81. The van der Waals surface area contributed by atoms with Gasteiger partial charge in [0.1, 0.15) is 10.6 Å². The van der Waals surface area contributed by atoms with Gasteiger partial charge in [-0.2, -0.15) is 0 Å². The first-order valence-corrected chi connectivity index (χ1v) is 7.59. The molecule has 0 saturated carbocycles. The van der Waals surface area contributed by atoms with Crippen LogP contribution in [-0.4, -0.2) is 24.1 Å². The van der Waals surface area contributed by atoms with E-state index in [2.05, 4.69) is 10.5 Å². The van der Waals surface area contributed by atoms with Crippen molar-refractivity contribution in [2.24, 2.45) is 0 Å². The van der Waals surface area contributed by atoms with E-state index < -0.39 is 11.9 Å². The van der Waals surface area contributed by atoms with Crippen LogP contribution in [0, 0.1) is 20.8 Å². The molecule has 2 aromatic heterocycles. The monoisotopic (exact) mass is 322 g/mol. The van der Waals surface area contributed by atoms with E-state index >= 15 is 0 Å². The van der Waals surface area contributed by atoms with Crippen molar-refractivity contribution in [3.05, 3.63) is 33.5 Å². The van der Waals surface area contributed by atoms with E-state index in [9.17, 15) is 9.59 Å². The van der Waals surface area contributed by atoms with Crippen molar-refractivity contribution >= 4 is 28.2 Å². The number of amides is 1. The van der Waals surface area contributed by atoms with Gasteiger partial charge in [0.05, 0.1) is 23.7 Å². The highest BCUT2D eigenvalue weighted by Crippen LogP contribution is 2.29. The van der Waals surface area contributed by atoms with Crippen LogP contribution < -0.4 is 5.32 Å². The molecular weight excluding hydrogens is 304 g/mol. The molecule has 0 spiro atoms. The Kier molecular flexibility index (Phi) is 4.65. The van der Waals surface area contributed by atoms with Crippen LogP contribution in [0.2, 0.25) is 0 Å². The third kappa shape index (κ3) is 3.04. The molecule has 22 heavy (non-hydrogen) atoms. The lowest BCUT2D eigenvalue weighted by Crippen LogP contribution is -2.19. The zero-order valence-corrected chi connectivity index (χ0v) is 14.0. The maximum Gasteiger partial charge on any atom is 0.348 e. The largest absolute Gasteiger partial charge is 0.465 e. The third-order valence-corrected chi connectivity index (χ3v) is 4.58. The van der Waals surface area contributed by atoms with Gasteiger partial charge >= 0.3 is 5.97 Å². The second kappa shape index (κ2) is 6.31. The molecule has 118 valence electrons. The molecule has 0 saturated heterocycles. The number of thiophene rings is 1. The highest BCUT2D eigenvalue weighted by Gasteiger charge is 2.24. The minimum Gasteiger partial charge on any atom is -0.465 e. The van der Waals surface area contributed by atoms with Crippen LogP contribution in [0.4, 0.5) is 5.00 Å². The van der Waals surface area contributed by atoms with Gasteiger partial charge in [-0.05, 0) is 39.3 Å². The number of hydrogen-bond donors (Lipinski definition) is 1. The average molecular weight is 322 g/mol. The fourth-order valence-electron chi connectivity index (χ4n) is 2.31. The van der Waals surface area contributed by atoms with E-state index in [1.165, 1.54) is 18.4 Å². The summed E-state index contributed by atoms with van der Waals surface area (Å²) in [7, 11) is 1.33. The van der Waals surface area contributed by atoms with Crippen LogP contribution in [0.5, 0.6) is 0 Å². The fraction of sp³-hybridized carbons (Fsp3) is 0.400. The third-order valence-electron chi connectivity index (χ3n) is 3.45. The molecule has 2 aromatic rings. The number of carbonyl (C=O) groups is 2. The van der Waals surface area contributed by atoms with Gasteiger partial charge in [0.25, 0.3) is 0 Å². The Hall–Kier alpha value is -2.15. The number of methoxy groups -OCH3 is 1. The molecular formula is C15H18N2O4S. The topological polar surface area (TPSA) is 81.4 Å². The lowest BCUT2D eigenvalue weighted by molar-refractivity contribution is -0.117. The maximum atomic E-state index is 12.4. The number of rotatable bonds is 4. The highest BCUT2D eigenvalue weighted by atomic mass is 32.1. The zero-order valence-electron chi connectivity index (χ0n) is 13.1. The van der Waals surface area contributed by atoms with E-state index in [0.29, 0.717) is 21.3 Å². The summed E-state index contributed by atoms with van der Waals surface area (Å²) in [4.78, 5) is 24.5. The second-order valence-corrected chi connectivity index (χ2v) is 6.12. The Morgan fingerprint density at radius 3 is 2.59 bits per heavy atom. The van der Waals surface area contributed by atoms with Gasteiger partial charge < -0.3 is 14.6 Å². The summed E-state index contributed by atoms with van der Waals surface area (Å²) in [5.74, 6) is -0.332. The van der Waals surface area contributed by atoms with Crippen molar-refractivity contribution in [3.8, 4) is 0 Å². The van der Waals surface area contributed by atoms with Crippen molar-refractivity contribution in [3.63, 3.8) is 0 Å². The molecule has 0 aromatic carbocycles. The van der Waals surface area contributed by atoms with Gasteiger partial charge in [-0.1, -0.05) is 5.16 Å². The Balaban J connectivity index is 2.17. The van der Waals surface area contributed by atoms with Crippen molar-refractivity contribution < 1.29 is 18.8 Å². The summed E-state index contributed by atoms with van der Waals surface area (Å²) in [6.45, 7) is 7.18. The van der Waals surface area contributed by atoms with E-state index in [4.69, 9.17) is 9.26 Å². The second-order valence-electron chi connectivity index (χ2n) is 5.06. The van der Waals surface area contributed by atoms with Gasteiger partial charge in [0.15, 0.2) is 0 Å². The molecule has 1 N–H and O–H groups in total. The smallest absolute Gasteiger partial charge is 0.348 e. The van der Waals surface area contributed by atoms with E-state index in [0.717, 1.165) is 11.1 Å². The van der Waals surface area contributed by atoms with E-state index in [1.54, 1.807) is 33.8 Å². The number of ether oxygens (including phenoxy) is 1. The predicted molar refractivity (Wildman–Crippen MR) is 83.4 cm³/mol. The molecule has 0 aliphatic rings. The number of carbonyl (C=O) groups excluding carboxylic acids is 2. The molecule has 0 aliphatic heterocycles. The van der Waals surface area contributed by atoms with Crippen LogP contribution >= 0.6 is 11.3 Å². The number of aryl methyl sites for hydroxylation is 3. The number of nitrogens with zero attached hydrogens (tertiary/aromatic N) is 1. The number of aromatic nitrogens is 1. The number of anilines is 1. The summed E-state index contributed by atoms with van der Waals surface area (Å²) in [5.41, 5.74) is 2.27. The van der Waals surface area contributed by atoms with Gasteiger partial charge in [0, 0.05) is 5.56 Å². The number of esters is 1. The van der Waals surface area contributed by atoms with Crippen LogP contribution in [0.25, 0.3) is 0 Å². The van der Waals surface area contributed by atoms with Crippen LogP contribution in [0.15, 0.2) is 10.6 Å². The minimum atomic E-state index is -0.401. The molecule has 0 radical (unpaired) electrons. The summed E-state index contributed by atoms with van der Waals surface area (Å²) >= 11 is 1.20. The van der Waals surface area contributed by atoms with Crippen LogP contribution in [-0.2, 0) is 9.53 Å². The highest BCUT2D eigenvalue weighted by molar-refractivity contribution is 7.18.